The summed E-state index contributed by atoms with van der Waals surface area (Å²) in [5.41, 5.74) is 2.63. The van der Waals surface area contributed by atoms with E-state index in [0.29, 0.717) is 5.56 Å². The van der Waals surface area contributed by atoms with Crippen LogP contribution in [-0.2, 0) is 17.6 Å². The van der Waals surface area contributed by atoms with E-state index in [2.05, 4.69) is 5.32 Å². The molecule has 5 heteroatoms. The van der Waals surface area contributed by atoms with Crippen molar-refractivity contribution in [3.63, 3.8) is 0 Å². The number of carbonyl (C=O) groups is 2. The lowest BCUT2D eigenvalue weighted by molar-refractivity contribution is -0.117. The number of rotatable bonds is 6. The van der Waals surface area contributed by atoms with Gasteiger partial charge in [-0.3, -0.25) is 9.59 Å². The van der Waals surface area contributed by atoms with Crippen molar-refractivity contribution in [2.75, 3.05) is 5.32 Å². The van der Waals surface area contributed by atoms with E-state index in [1.807, 2.05) is 31.2 Å². The number of hydrogen-bond acceptors (Lipinski definition) is 2. The Balaban J connectivity index is 1.70. The van der Waals surface area contributed by atoms with Crippen LogP contribution >= 0.6 is 0 Å². The second kappa shape index (κ2) is 8.57. The zero-order valence-electron chi connectivity index (χ0n) is 15.3. The van der Waals surface area contributed by atoms with Crippen LogP contribution in [-0.4, -0.2) is 11.7 Å². The molecule has 0 saturated carbocycles. The van der Waals surface area contributed by atoms with Crippen LogP contribution in [0.1, 0.15) is 27.0 Å². The molecule has 3 aromatic carbocycles. The van der Waals surface area contributed by atoms with E-state index < -0.39 is 17.5 Å². The van der Waals surface area contributed by atoms with Crippen LogP contribution in [0.25, 0.3) is 0 Å². The van der Waals surface area contributed by atoms with E-state index in [1.165, 1.54) is 36.4 Å². The summed E-state index contributed by atoms with van der Waals surface area (Å²) in [7, 11) is 0. The maximum Gasteiger partial charge on any atom is 0.255 e. The van der Waals surface area contributed by atoms with Gasteiger partial charge in [-0.1, -0.05) is 42.0 Å². The average Bonchev–Trinajstić information content (AvgIpc) is 2.64. The van der Waals surface area contributed by atoms with Gasteiger partial charge in [0.25, 0.3) is 5.91 Å². The van der Waals surface area contributed by atoms with Gasteiger partial charge >= 0.3 is 0 Å². The standard InChI is InChI=1S/C23H19F2NO2/c1-15-4-2-5-16(10-15)11-20(27)12-17-8-9-21(25)22(13-17)26-23(28)18-6-3-7-19(24)14-18/h2-10,13-14H,11-12H2,1H3,(H,26,28). The van der Waals surface area contributed by atoms with Gasteiger partial charge in [-0.05, 0) is 48.4 Å². The molecule has 0 aliphatic carbocycles. The number of Topliss-reactive ketones (excluding diaryl/α,β-unsaturated/α-hetero) is 1. The van der Waals surface area contributed by atoms with Crippen molar-refractivity contribution in [1.29, 1.82) is 0 Å². The minimum atomic E-state index is -0.625. The van der Waals surface area contributed by atoms with E-state index in [4.69, 9.17) is 0 Å². The maximum absolute atomic E-state index is 14.1. The summed E-state index contributed by atoms with van der Waals surface area (Å²) >= 11 is 0. The minimum absolute atomic E-state index is 0.0142. The maximum atomic E-state index is 14.1. The first kappa shape index (κ1) is 19.4. The fourth-order valence-corrected chi connectivity index (χ4v) is 2.94. The Labute approximate surface area is 162 Å². The monoisotopic (exact) mass is 379 g/mol. The molecule has 28 heavy (non-hydrogen) atoms. The molecule has 3 rings (SSSR count). The first-order valence-corrected chi connectivity index (χ1v) is 8.83. The van der Waals surface area contributed by atoms with Gasteiger partial charge in [0.15, 0.2) is 0 Å². The second-order valence-electron chi connectivity index (χ2n) is 6.66. The van der Waals surface area contributed by atoms with Crippen molar-refractivity contribution < 1.29 is 18.4 Å². The normalized spacial score (nSPS) is 10.5. The molecule has 0 heterocycles. The van der Waals surface area contributed by atoms with Crippen LogP contribution in [0.15, 0.2) is 66.7 Å². The summed E-state index contributed by atoms with van der Waals surface area (Å²) in [4.78, 5) is 24.6. The number of halogens is 2. The number of ketones is 1. The van der Waals surface area contributed by atoms with Crippen LogP contribution in [0.4, 0.5) is 14.5 Å². The first-order valence-electron chi connectivity index (χ1n) is 8.83. The van der Waals surface area contributed by atoms with Crippen molar-refractivity contribution in [3.8, 4) is 0 Å². The van der Waals surface area contributed by atoms with Crippen LogP contribution < -0.4 is 5.32 Å². The Kier molecular flexibility index (Phi) is 5.94. The number of hydrogen-bond donors (Lipinski definition) is 1. The molecule has 0 aliphatic heterocycles. The molecule has 0 radical (unpaired) electrons. The number of nitrogens with one attached hydrogen (secondary N) is 1. The first-order chi connectivity index (χ1) is 13.4. The Morgan fingerprint density at radius 1 is 0.857 bits per heavy atom. The SMILES string of the molecule is Cc1cccc(CC(=O)Cc2ccc(F)c(NC(=O)c3cccc(F)c3)c2)c1. The lowest BCUT2D eigenvalue weighted by Crippen LogP contribution is -2.14. The number of benzene rings is 3. The van der Waals surface area contributed by atoms with E-state index in [0.717, 1.165) is 17.2 Å². The molecule has 3 aromatic rings. The fourth-order valence-electron chi connectivity index (χ4n) is 2.94. The molecular weight excluding hydrogens is 360 g/mol. The van der Waals surface area contributed by atoms with Gasteiger partial charge in [0, 0.05) is 18.4 Å². The molecule has 1 N–H and O–H groups in total. The van der Waals surface area contributed by atoms with Crippen molar-refractivity contribution >= 4 is 17.4 Å². The van der Waals surface area contributed by atoms with Crippen LogP contribution in [0, 0.1) is 18.6 Å². The molecule has 0 unspecified atom stereocenters. The summed E-state index contributed by atoms with van der Waals surface area (Å²) < 4.78 is 27.3. The largest absolute Gasteiger partial charge is 0.319 e. The van der Waals surface area contributed by atoms with Crippen molar-refractivity contribution in [2.24, 2.45) is 0 Å². The minimum Gasteiger partial charge on any atom is -0.319 e. The zero-order valence-corrected chi connectivity index (χ0v) is 15.3. The number of aryl methyl sites for hydroxylation is 1. The van der Waals surface area contributed by atoms with Crippen molar-refractivity contribution in [2.45, 2.75) is 19.8 Å². The molecule has 3 nitrogen and oxygen atoms in total. The highest BCUT2D eigenvalue weighted by atomic mass is 19.1. The molecule has 0 aromatic heterocycles. The second-order valence-corrected chi connectivity index (χ2v) is 6.66. The highest BCUT2D eigenvalue weighted by Gasteiger charge is 2.12. The summed E-state index contributed by atoms with van der Waals surface area (Å²) in [6, 6.07) is 17.0. The van der Waals surface area contributed by atoms with E-state index in [1.54, 1.807) is 0 Å². The molecular formula is C23H19F2NO2. The molecule has 0 bridgehead atoms. The van der Waals surface area contributed by atoms with Gasteiger partial charge in [0.1, 0.15) is 17.4 Å². The molecule has 0 fully saturated rings. The van der Waals surface area contributed by atoms with Crippen LogP contribution in [0.5, 0.6) is 0 Å². The summed E-state index contributed by atoms with van der Waals surface area (Å²) in [6.45, 7) is 1.96. The third kappa shape index (κ3) is 5.10. The highest BCUT2D eigenvalue weighted by molar-refractivity contribution is 6.04. The van der Waals surface area contributed by atoms with Gasteiger partial charge in [-0.15, -0.1) is 0 Å². The summed E-state index contributed by atoms with van der Waals surface area (Å²) in [5, 5.41) is 2.43. The number of anilines is 1. The molecule has 142 valence electrons. The number of amides is 1. The van der Waals surface area contributed by atoms with E-state index in [-0.39, 0.29) is 29.9 Å². The molecule has 0 spiro atoms. The molecule has 1 amide bonds. The third-order valence-corrected chi connectivity index (χ3v) is 4.25. The summed E-state index contributed by atoms with van der Waals surface area (Å²) in [6.07, 6.45) is 0.404. The highest BCUT2D eigenvalue weighted by Crippen LogP contribution is 2.19. The Bertz CT molecular complexity index is 1030. The Morgan fingerprint density at radius 2 is 1.57 bits per heavy atom. The van der Waals surface area contributed by atoms with E-state index >= 15 is 0 Å². The number of carbonyl (C=O) groups excluding carboxylic acids is 2. The molecule has 0 saturated heterocycles. The Hall–Kier alpha value is -3.34. The third-order valence-electron chi connectivity index (χ3n) is 4.25. The van der Waals surface area contributed by atoms with Gasteiger partial charge < -0.3 is 5.32 Å². The quantitative estimate of drug-likeness (QED) is 0.664. The lowest BCUT2D eigenvalue weighted by Gasteiger charge is -2.09. The van der Waals surface area contributed by atoms with Gasteiger partial charge in [0.2, 0.25) is 0 Å². The van der Waals surface area contributed by atoms with Gasteiger partial charge in [-0.2, -0.15) is 0 Å². The smallest absolute Gasteiger partial charge is 0.255 e. The van der Waals surface area contributed by atoms with Crippen LogP contribution in [0.2, 0.25) is 0 Å². The molecule has 0 atom stereocenters. The van der Waals surface area contributed by atoms with Gasteiger partial charge in [-0.25, -0.2) is 8.78 Å². The van der Waals surface area contributed by atoms with Crippen molar-refractivity contribution in [3.05, 3.63) is 101 Å². The van der Waals surface area contributed by atoms with E-state index in [9.17, 15) is 18.4 Å². The predicted molar refractivity (Wildman–Crippen MR) is 104 cm³/mol. The predicted octanol–water partition coefficient (Wildman–Crippen LogP) is 4.88. The van der Waals surface area contributed by atoms with Crippen molar-refractivity contribution in [1.82, 2.24) is 0 Å². The zero-order chi connectivity index (χ0) is 20.1. The lowest BCUT2D eigenvalue weighted by atomic mass is 10.0. The molecule has 0 aliphatic rings. The summed E-state index contributed by atoms with van der Waals surface area (Å²) in [5.74, 6) is -1.82. The van der Waals surface area contributed by atoms with Gasteiger partial charge in [0.05, 0.1) is 5.69 Å². The Morgan fingerprint density at radius 3 is 2.29 bits per heavy atom. The van der Waals surface area contributed by atoms with Crippen LogP contribution in [0.3, 0.4) is 0 Å². The average molecular weight is 379 g/mol. The topological polar surface area (TPSA) is 46.2 Å². The fraction of sp³-hybridized carbons (Fsp3) is 0.130.